The van der Waals surface area contributed by atoms with Crippen molar-refractivity contribution in [2.75, 3.05) is 0 Å². The van der Waals surface area contributed by atoms with E-state index in [0.29, 0.717) is 19.2 Å². The summed E-state index contributed by atoms with van der Waals surface area (Å²) in [4.78, 5) is 20.1. The van der Waals surface area contributed by atoms with Crippen molar-refractivity contribution in [1.82, 2.24) is 0 Å². The van der Waals surface area contributed by atoms with Gasteiger partial charge in [0.25, 0.3) is 0 Å². The quantitative estimate of drug-likeness (QED) is 0.552. The Morgan fingerprint density at radius 2 is 1.21 bits per heavy atom. The summed E-state index contributed by atoms with van der Waals surface area (Å²) in [5.41, 5.74) is 0. The Labute approximate surface area is 96.8 Å². The van der Waals surface area contributed by atoms with Crippen LogP contribution in [0.1, 0.15) is 48.0 Å². The van der Waals surface area contributed by atoms with Crippen LogP contribution in [0.15, 0.2) is 0 Å². The van der Waals surface area contributed by atoms with E-state index in [2.05, 4.69) is 27.7 Å². The van der Waals surface area contributed by atoms with E-state index in [1.165, 1.54) is 13.8 Å². The van der Waals surface area contributed by atoms with Crippen LogP contribution in [0, 0.1) is 0 Å². The van der Waals surface area contributed by atoms with E-state index in [0.717, 1.165) is 8.45 Å². The van der Waals surface area contributed by atoms with Crippen molar-refractivity contribution < 1.29 is 28.7 Å². The summed E-state index contributed by atoms with van der Waals surface area (Å²) in [7, 11) is 0. The maximum absolute atomic E-state index is 10.0. The SMILES string of the molecule is CC(=O)CC(C)=O.C[CH](C)[Ti][CH](C)C. The van der Waals surface area contributed by atoms with Crippen LogP contribution in [-0.2, 0) is 28.7 Å². The summed E-state index contributed by atoms with van der Waals surface area (Å²) in [6.45, 7) is 12.1. The second-order valence-corrected chi connectivity index (χ2v) is 8.18. The summed E-state index contributed by atoms with van der Waals surface area (Å²) in [5, 5.41) is 0. The van der Waals surface area contributed by atoms with Crippen LogP contribution >= 0.6 is 0 Å². The van der Waals surface area contributed by atoms with Gasteiger partial charge in [0.1, 0.15) is 11.6 Å². The van der Waals surface area contributed by atoms with Gasteiger partial charge in [-0.2, -0.15) is 0 Å². The zero-order valence-electron chi connectivity index (χ0n) is 10.2. The standard InChI is InChI=1S/C5H8O2.2C3H7.Ti/c1-4(6)3-5(2)7;2*1-3-2;/h3H2,1-2H3;2*3H,1-2H3;. The zero-order chi connectivity index (χ0) is 11.7. The second-order valence-electron chi connectivity index (χ2n) is 4.06. The van der Waals surface area contributed by atoms with Crippen molar-refractivity contribution in [1.29, 1.82) is 0 Å². The van der Waals surface area contributed by atoms with Crippen LogP contribution in [0.25, 0.3) is 0 Å². The monoisotopic (exact) mass is 234 g/mol. The van der Waals surface area contributed by atoms with E-state index < -0.39 is 0 Å². The Balaban J connectivity index is 0. The van der Waals surface area contributed by atoms with E-state index in [1.54, 1.807) is 0 Å². The Morgan fingerprint density at radius 1 is 0.929 bits per heavy atom. The number of rotatable bonds is 4. The number of carbonyl (C=O) groups is 2. The van der Waals surface area contributed by atoms with Gasteiger partial charge in [0.2, 0.25) is 0 Å². The molecule has 3 heteroatoms. The van der Waals surface area contributed by atoms with E-state index in [-0.39, 0.29) is 18.0 Å². The number of Topliss-reactive ketones (excluding diaryl/α,β-unsaturated/α-hetero) is 2. The van der Waals surface area contributed by atoms with Crippen LogP contribution in [0.3, 0.4) is 0 Å². The summed E-state index contributed by atoms with van der Waals surface area (Å²) >= 11 is 0.389. The van der Waals surface area contributed by atoms with Gasteiger partial charge in [-0.1, -0.05) is 0 Å². The molecule has 0 aliphatic heterocycles. The van der Waals surface area contributed by atoms with Crippen LogP contribution in [0.4, 0.5) is 0 Å². The van der Waals surface area contributed by atoms with Gasteiger partial charge in [-0.15, -0.1) is 0 Å². The fraction of sp³-hybridized carbons (Fsp3) is 0.818. The third-order valence-electron chi connectivity index (χ3n) is 1.16. The van der Waals surface area contributed by atoms with Gasteiger partial charge >= 0.3 is 55.3 Å². The minimum atomic E-state index is -0.0625. The van der Waals surface area contributed by atoms with Crippen molar-refractivity contribution in [3.63, 3.8) is 0 Å². The van der Waals surface area contributed by atoms with Gasteiger partial charge in [0.15, 0.2) is 0 Å². The second kappa shape index (κ2) is 9.60. The molecular weight excluding hydrogens is 212 g/mol. The average molecular weight is 234 g/mol. The molecule has 82 valence electrons. The molecule has 0 radical (unpaired) electrons. The molecule has 0 aromatic carbocycles. The minimum absolute atomic E-state index is 0.0625. The molecule has 0 spiro atoms. The summed E-state index contributed by atoms with van der Waals surface area (Å²) in [5.74, 6) is -0.125. The maximum atomic E-state index is 10.0. The molecule has 0 aromatic rings. The first kappa shape index (κ1) is 16.5. The molecule has 0 unspecified atom stereocenters. The zero-order valence-corrected chi connectivity index (χ0v) is 11.7. The molecule has 0 atom stereocenters. The molecule has 0 amide bonds. The predicted octanol–water partition coefficient (Wildman–Crippen LogP) is 3.28. The number of carbonyl (C=O) groups excluding carboxylic acids is 2. The topological polar surface area (TPSA) is 34.1 Å². The first-order valence-electron chi connectivity index (χ1n) is 5.00. The fourth-order valence-corrected chi connectivity index (χ4v) is 3.10. The molecule has 0 rings (SSSR count). The molecule has 0 aliphatic rings. The number of hydrogen-bond acceptors (Lipinski definition) is 2. The normalized spacial score (nSPS) is 9.43. The molecule has 0 heterocycles. The number of ketones is 2. The van der Waals surface area contributed by atoms with Crippen molar-refractivity contribution in [3.8, 4) is 0 Å². The van der Waals surface area contributed by atoms with Gasteiger partial charge in [0, 0.05) is 0 Å². The van der Waals surface area contributed by atoms with Gasteiger partial charge in [0.05, 0.1) is 6.42 Å². The van der Waals surface area contributed by atoms with Gasteiger partial charge < -0.3 is 0 Å². The van der Waals surface area contributed by atoms with Crippen molar-refractivity contribution in [2.45, 2.75) is 56.4 Å². The summed E-state index contributed by atoms with van der Waals surface area (Å²) in [6.07, 6.45) is 0.0833. The van der Waals surface area contributed by atoms with E-state index >= 15 is 0 Å². The first-order chi connectivity index (χ1) is 6.25. The Kier molecular flexibility index (Phi) is 11.3. The Morgan fingerprint density at radius 3 is 1.21 bits per heavy atom. The van der Waals surface area contributed by atoms with Gasteiger partial charge in [-0.3, -0.25) is 9.59 Å². The predicted molar refractivity (Wildman–Crippen MR) is 56.2 cm³/mol. The van der Waals surface area contributed by atoms with Gasteiger partial charge in [-0.25, -0.2) is 0 Å². The van der Waals surface area contributed by atoms with Crippen molar-refractivity contribution >= 4 is 11.6 Å². The molecule has 0 aliphatic carbocycles. The van der Waals surface area contributed by atoms with Crippen LogP contribution in [0.5, 0.6) is 0 Å². The molecular formula is C11H22O2Ti. The van der Waals surface area contributed by atoms with E-state index in [9.17, 15) is 9.59 Å². The molecule has 0 fully saturated rings. The molecule has 0 saturated carbocycles. The molecule has 14 heavy (non-hydrogen) atoms. The summed E-state index contributed by atoms with van der Waals surface area (Å²) in [6, 6.07) is 0. The van der Waals surface area contributed by atoms with E-state index in [1.807, 2.05) is 0 Å². The fourth-order valence-electron chi connectivity index (χ4n) is 1.02. The van der Waals surface area contributed by atoms with Crippen LogP contribution in [0.2, 0.25) is 8.45 Å². The molecule has 2 nitrogen and oxygen atoms in total. The van der Waals surface area contributed by atoms with Crippen molar-refractivity contribution in [2.24, 2.45) is 0 Å². The van der Waals surface area contributed by atoms with Crippen molar-refractivity contribution in [3.05, 3.63) is 0 Å². The third-order valence-corrected chi connectivity index (χ3v) is 3.25. The first-order valence-corrected chi connectivity index (χ1v) is 6.81. The Hall–Kier alpha value is 0.0543. The number of hydrogen-bond donors (Lipinski definition) is 0. The average Bonchev–Trinajstić information content (AvgIpc) is 1.79. The van der Waals surface area contributed by atoms with Gasteiger partial charge in [-0.05, 0) is 13.8 Å². The molecule has 0 aromatic heterocycles. The molecule has 0 bridgehead atoms. The van der Waals surface area contributed by atoms with E-state index in [4.69, 9.17) is 0 Å². The molecule has 0 N–H and O–H groups in total. The third kappa shape index (κ3) is 22.7. The van der Waals surface area contributed by atoms with Crippen LogP contribution < -0.4 is 0 Å². The Bertz CT molecular complexity index is 156. The van der Waals surface area contributed by atoms with Crippen LogP contribution in [-0.4, -0.2) is 11.6 Å². The molecule has 0 saturated heterocycles. The summed E-state index contributed by atoms with van der Waals surface area (Å²) < 4.78 is 2.00.